The molecule has 0 saturated carbocycles. The van der Waals surface area contributed by atoms with Crippen LogP contribution in [0.2, 0.25) is 0 Å². The summed E-state index contributed by atoms with van der Waals surface area (Å²) in [6.07, 6.45) is 3.55. The fourth-order valence-corrected chi connectivity index (χ4v) is 3.72. The predicted molar refractivity (Wildman–Crippen MR) is 114 cm³/mol. The molecule has 0 radical (unpaired) electrons. The minimum Gasteiger partial charge on any atom is -0.437 e. The van der Waals surface area contributed by atoms with Crippen molar-refractivity contribution in [2.75, 3.05) is 0 Å². The highest BCUT2D eigenvalue weighted by Gasteiger charge is 2.14. The van der Waals surface area contributed by atoms with Crippen molar-refractivity contribution in [3.63, 3.8) is 0 Å². The maximum absolute atomic E-state index is 14.0. The van der Waals surface area contributed by atoms with Crippen LogP contribution >= 0.6 is 0 Å². The molecule has 0 aliphatic carbocycles. The van der Waals surface area contributed by atoms with Crippen LogP contribution in [0.15, 0.2) is 77.5 Å². The molecule has 4 heteroatoms. The lowest BCUT2D eigenvalue weighted by molar-refractivity contribution is 0.598. The summed E-state index contributed by atoms with van der Waals surface area (Å²) in [5, 5.41) is 2.02. The van der Waals surface area contributed by atoms with E-state index in [4.69, 9.17) is 4.42 Å². The number of hydrogen-bond acceptors (Lipinski definition) is 3. The van der Waals surface area contributed by atoms with Gasteiger partial charge in [0.1, 0.15) is 11.4 Å². The highest BCUT2D eigenvalue weighted by molar-refractivity contribution is 6.08. The molecule has 0 aliphatic heterocycles. The minimum atomic E-state index is -0.168. The molecule has 142 valence electrons. The van der Waals surface area contributed by atoms with E-state index in [1.165, 1.54) is 6.07 Å². The van der Waals surface area contributed by atoms with E-state index in [1.807, 2.05) is 68.6 Å². The van der Waals surface area contributed by atoms with Crippen molar-refractivity contribution in [2.24, 2.45) is 0 Å². The Balaban J connectivity index is 1.58. The number of halogens is 1. The summed E-state index contributed by atoms with van der Waals surface area (Å²) in [5.41, 5.74) is 5.78. The Bertz CT molecular complexity index is 1340. The van der Waals surface area contributed by atoms with Crippen LogP contribution in [0.3, 0.4) is 0 Å². The molecule has 0 bridgehead atoms. The molecule has 3 nitrogen and oxygen atoms in total. The lowest BCUT2D eigenvalue weighted by Gasteiger charge is -2.10. The van der Waals surface area contributed by atoms with Gasteiger partial charge in [-0.15, -0.1) is 0 Å². The van der Waals surface area contributed by atoms with Crippen LogP contribution in [0.1, 0.15) is 25.3 Å². The molecule has 29 heavy (non-hydrogen) atoms. The maximum atomic E-state index is 14.0. The zero-order valence-electron chi connectivity index (χ0n) is 16.2. The first kappa shape index (κ1) is 17.6. The molecule has 0 amide bonds. The standard InChI is InChI=1S/C25H19FN2O/c1-15(2)21-13-16(8-10-22(21)26)17-9-11-23(28-14-17)20-6-3-5-18-19-7-4-12-27-25(19)29-24(18)20/h3-15H,1-2H3. The fourth-order valence-electron chi connectivity index (χ4n) is 3.72. The van der Waals surface area contributed by atoms with Gasteiger partial charge in [-0.05, 0) is 53.4 Å². The molecule has 3 aromatic heterocycles. The topological polar surface area (TPSA) is 38.9 Å². The Labute approximate surface area is 167 Å². The van der Waals surface area contributed by atoms with Gasteiger partial charge in [0.05, 0.1) is 5.69 Å². The van der Waals surface area contributed by atoms with E-state index in [1.54, 1.807) is 12.3 Å². The number of nitrogens with zero attached hydrogens (tertiary/aromatic N) is 2. The molecule has 0 unspecified atom stereocenters. The Morgan fingerprint density at radius 3 is 2.48 bits per heavy atom. The van der Waals surface area contributed by atoms with Crippen LogP contribution in [0.4, 0.5) is 4.39 Å². The van der Waals surface area contributed by atoms with Crippen molar-refractivity contribution >= 4 is 22.1 Å². The molecule has 5 rings (SSSR count). The van der Waals surface area contributed by atoms with Crippen molar-refractivity contribution in [1.82, 2.24) is 9.97 Å². The van der Waals surface area contributed by atoms with Gasteiger partial charge < -0.3 is 4.42 Å². The minimum absolute atomic E-state index is 0.126. The Hall–Kier alpha value is -3.53. The number of aromatic nitrogens is 2. The van der Waals surface area contributed by atoms with Crippen molar-refractivity contribution in [1.29, 1.82) is 0 Å². The van der Waals surface area contributed by atoms with Gasteiger partial charge in [-0.25, -0.2) is 9.37 Å². The van der Waals surface area contributed by atoms with E-state index in [-0.39, 0.29) is 11.7 Å². The average Bonchev–Trinajstić information content (AvgIpc) is 3.13. The lowest BCUT2D eigenvalue weighted by atomic mass is 9.97. The van der Waals surface area contributed by atoms with Gasteiger partial charge in [0.2, 0.25) is 5.71 Å². The highest BCUT2D eigenvalue weighted by Crippen LogP contribution is 2.35. The largest absolute Gasteiger partial charge is 0.437 e. The van der Waals surface area contributed by atoms with Crippen LogP contribution in [0.25, 0.3) is 44.5 Å². The van der Waals surface area contributed by atoms with Gasteiger partial charge >= 0.3 is 0 Å². The Kier molecular flexibility index (Phi) is 4.13. The molecule has 0 fully saturated rings. The fraction of sp³-hybridized carbons (Fsp3) is 0.120. The third kappa shape index (κ3) is 2.97. The number of rotatable bonds is 3. The summed E-state index contributed by atoms with van der Waals surface area (Å²) < 4.78 is 20.0. The number of para-hydroxylation sites is 1. The van der Waals surface area contributed by atoms with Gasteiger partial charge in [0.25, 0.3) is 0 Å². The summed E-state index contributed by atoms with van der Waals surface area (Å²) in [7, 11) is 0. The van der Waals surface area contributed by atoms with Gasteiger partial charge in [-0.2, -0.15) is 0 Å². The van der Waals surface area contributed by atoms with Crippen LogP contribution in [0, 0.1) is 5.82 Å². The van der Waals surface area contributed by atoms with Crippen molar-refractivity contribution < 1.29 is 8.81 Å². The summed E-state index contributed by atoms with van der Waals surface area (Å²) in [6.45, 7) is 3.98. The Morgan fingerprint density at radius 2 is 1.69 bits per heavy atom. The first-order valence-corrected chi connectivity index (χ1v) is 9.64. The summed E-state index contributed by atoms with van der Waals surface area (Å²) in [4.78, 5) is 8.99. The quantitative estimate of drug-likeness (QED) is 0.338. The molecule has 0 atom stereocenters. The van der Waals surface area contributed by atoms with E-state index in [0.717, 1.165) is 38.7 Å². The zero-order chi connectivity index (χ0) is 20.0. The van der Waals surface area contributed by atoms with E-state index >= 15 is 0 Å². The summed E-state index contributed by atoms with van der Waals surface area (Å²) in [5.74, 6) is -0.0417. The normalized spacial score (nSPS) is 11.6. The van der Waals surface area contributed by atoms with Crippen molar-refractivity contribution in [3.8, 4) is 22.4 Å². The number of pyridine rings is 2. The monoisotopic (exact) mass is 382 g/mol. The highest BCUT2D eigenvalue weighted by atomic mass is 19.1. The van der Waals surface area contributed by atoms with Gasteiger partial charge in [-0.3, -0.25) is 4.98 Å². The van der Waals surface area contributed by atoms with E-state index in [0.29, 0.717) is 11.3 Å². The SMILES string of the molecule is CC(C)c1cc(-c2ccc(-c3cccc4c3oc3ncccc34)nc2)ccc1F. The first-order valence-electron chi connectivity index (χ1n) is 9.64. The van der Waals surface area contributed by atoms with Crippen LogP contribution in [0.5, 0.6) is 0 Å². The molecule has 2 aromatic carbocycles. The number of benzene rings is 2. The first-order chi connectivity index (χ1) is 14.1. The average molecular weight is 382 g/mol. The van der Waals surface area contributed by atoms with E-state index < -0.39 is 0 Å². The third-order valence-electron chi connectivity index (χ3n) is 5.27. The second-order valence-corrected chi connectivity index (χ2v) is 7.46. The molecule has 0 saturated heterocycles. The maximum Gasteiger partial charge on any atom is 0.227 e. The number of fused-ring (bicyclic) bond motifs is 3. The zero-order valence-corrected chi connectivity index (χ0v) is 16.2. The number of hydrogen-bond donors (Lipinski definition) is 0. The molecule has 3 heterocycles. The third-order valence-corrected chi connectivity index (χ3v) is 5.27. The lowest BCUT2D eigenvalue weighted by Crippen LogP contribution is -1.94. The van der Waals surface area contributed by atoms with E-state index in [2.05, 4.69) is 9.97 Å². The second kappa shape index (κ2) is 6.82. The molecule has 0 aliphatic rings. The second-order valence-electron chi connectivity index (χ2n) is 7.46. The number of furan rings is 1. The van der Waals surface area contributed by atoms with Gasteiger partial charge in [0.15, 0.2) is 0 Å². The Morgan fingerprint density at radius 1 is 0.862 bits per heavy atom. The van der Waals surface area contributed by atoms with Crippen LogP contribution < -0.4 is 0 Å². The van der Waals surface area contributed by atoms with Crippen LogP contribution in [-0.2, 0) is 0 Å². The van der Waals surface area contributed by atoms with Crippen LogP contribution in [-0.4, -0.2) is 9.97 Å². The predicted octanol–water partition coefficient (Wildman–Crippen LogP) is 6.97. The molecule has 0 spiro atoms. The van der Waals surface area contributed by atoms with E-state index in [9.17, 15) is 4.39 Å². The smallest absolute Gasteiger partial charge is 0.227 e. The molecule has 5 aromatic rings. The molecular formula is C25H19FN2O. The van der Waals surface area contributed by atoms with Gasteiger partial charge in [0, 0.05) is 34.3 Å². The van der Waals surface area contributed by atoms with Crippen molar-refractivity contribution in [2.45, 2.75) is 19.8 Å². The molecule has 0 N–H and O–H groups in total. The summed E-state index contributed by atoms with van der Waals surface area (Å²) >= 11 is 0. The van der Waals surface area contributed by atoms with Crippen molar-refractivity contribution in [3.05, 3.63) is 84.4 Å². The van der Waals surface area contributed by atoms with Gasteiger partial charge in [-0.1, -0.05) is 38.1 Å². The molecular weight excluding hydrogens is 363 g/mol. The summed E-state index contributed by atoms with van der Waals surface area (Å²) in [6, 6.07) is 19.2.